The maximum absolute atomic E-state index is 12.1. The number of unbranched alkanes of at least 4 members (excludes halogenated alkanes) is 2. The highest BCUT2D eigenvalue weighted by atomic mass is 16.5. The third-order valence-corrected chi connectivity index (χ3v) is 3.28. The van der Waals surface area contributed by atoms with E-state index in [0.717, 1.165) is 24.0 Å². The van der Waals surface area contributed by atoms with Gasteiger partial charge in [0, 0.05) is 12.2 Å². The molecule has 1 atom stereocenters. The van der Waals surface area contributed by atoms with Gasteiger partial charge in [0.25, 0.3) is 0 Å². The van der Waals surface area contributed by atoms with Gasteiger partial charge in [-0.15, -0.1) is 0 Å². The van der Waals surface area contributed by atoms with Crippen molar-refractivity contribution in [1.29, 1.82) is 0 Å². The molecule has 0 aliphatic carbocycles. The number of carbonyl (C=O) groups is 1. The topological polar surface area (TPSA) is 26.3 Å². The van der Waals surface area contributed by atoms with E-state index < -0.39 is 0 Å². The molecular formula is C16H24O2. The van der Waals surface area contributed by atoms with Gasteiger partial charge in [-0.2, -0.15) is 0 Å². The molecular weight excluding hydrogens is 224 g/mol. The molecule has 0 saturated heterocycles. The molecule has 1 unspecified atom stereocenters. The lowest BCUT2D eigenvalue weighted by atomic mass is 10.0. The van der Waals surface area contributed by atoms with Crippen LogP contribution in [0.25, 0.3) is 0 Å². The number of carbonyl (C=O) groups excluding carboxylic acids is 1. The Morgan fingerprint density at radius 1 is 1.22 bits per heavy atom. The van der Waals surface area contributed by atoms with Crippen LogP contribution in [-0.2, 0) is 4.74 Å². The first kappa shape index (κ1) is 14.9. The number of hydrogen-bond donors (Lipinski definition) is 0. The summed E-state index contributed by atoms with van der Waals surface area (Å²) < 4.78 is 5.58. The molecule has 18 heavy (non-hydrogen) atoms. The van der Waals surface area contributed by atoms with E-state index in [9.17, 15) is 4.79 Å². The first-order valence-corrected chi connectivity index (χ1v) is 6.79. The molecule has 0 amide bonds. The molecule has 0 fully saturated rings. The van der Waals surface area contributed by atoms with Gasteiger partial charge in [0.2, 0.25) is 0 Å². The molecule has 1 rings (SSSR count). The minimum Gasteiger partial charge on any atom is -0.370 e. The van der Waals surface area contributed by atoms with Gasteiger partial charge in [-0.3, -0.25) is 4.79 Å². The van der Waals surface area contributed by atoms with Gasteiger partial charge in [0.15, 0.2) is 5.78 Å². The Bertz CT molecular complexity index is 396. The Kier molecular flexibility index (Phi) is 6.06. The Labute approximate surface area is 110 Å². The van der Waals surface area contributed by atoms with Gasteiger partial charge < -0.3 is 4.74 Å². The van der Waals surface area contributed by atoms with E-state index in [1.165, 1.54) is 12.0 Å². The molecule has 0 aliphatic rings. The molecule has 100 valence electrons. The van der Waals surface area contributed by atoms with Crippen molar-refractivity contribution in [3.63, 3.8) is 0 Å². The summed E-state index contributed by atoms with van der Waals surface area (Å²) in [6.45, 7) is 8.74. The van der Waals surface area contributed by atoms with Crippen LogP contribution < -0.4 is 0 Å². The van der Waals surface area contributed by atoms with Crippen molar-refractivity contribution in [2.45, 2.75) is 53.1 Å². The number of ether oxygens (including phenoxy) is 1. The second-order valence-electron chi connectivity index (χ2n) is 4.88. The zero-order chi connectivity index (χ0) is 13.5. The lowest BCUT2D eigenvalue weighted by Crippen LogP contribution is -2.21. The third kappa shape index (κ3) is 4.26. The lowest BCUT2D eigenvalue weighted by Gasteiger charge is -2.12. The Hall–Kier alpha value is -1.15. The molecule has 0 radical (unpaired) electrons. The number of Topliss-reactive ketones (excluding diaryl/α,β-unsaturated/α-hetero) is 1. The average molecular weight is 248 g/mol. The van der Waals surface area contributed by atoms with E-state index in [0.29, 0.717) is 6.61 Å². The monoisotopic (exact) mass is 248 g/mol. The molecule has 2 nitrogen and oxygen atoms in total. The number of hydrogen-bond acceptors (Lipinski definition) is 2. The van der Waals surface area contributed by atoms with Crippen LogP contribution in [0.5, 0.6) is 0 Å². The van der Waals surface area contributed by atoms with Crippen LogP contribution in [0.3, 0.4) is 0 Å². The standard InChI is InChI=1S/C16H24O2/c1-5-6-7-10-18-14(4)16(17)15-9-8-12(2)13(3)11-15/h8-9,11,14H,5-7,10H2,1-4H3. The fourth-order valence-electron chi connectivity index (χ4n) is 1.82. The van der Waals surface area contributed by atoms with Crippen molar-refractivity contribution >= 4 is 5.78 Å². The molecule has 0 aromatic heterocycles. The summed E-state index contributed by atoms with van der Waals surface area (Å²) in [5.41, 5.74) is 3.11. The van der Waals surface area contributed by atoms with Crippen molar-refractivity contribution in [1.82, 2.24) is 0 Å². The summed E-state index contributed by atoms with van der Waals surface area (Å²) in [6, 6.07) is 5.83. The third-order valence-electron chi connectivity index (χ3n) is 3.28. The molecule has 0 aliphatic heterocycles. The van der Waals surface area contributed by atoms with E-state index in [1.54, 1.807) is 0 Å². The van der Waals surface area contributed by atoms with Gasteiger partial charge in [-0.25, -0.2) is 0 Å². The predicted octanol–water partition coefficient (Wildman–Crippen LogP) is 4.08. The molecule has 0 N–H and O–H groups in total. The summed E-state index contributed by atoms with van der Waals surface area (Å²) in [5, 5.41) is 0. The average Bonchev–Trinajstić information content (AvgIpc) is 2.37. The van der Waals surface area contributed by atoms with Gasteiger partial charge in [-0.05, 0) is 44.4 Å². The first-order chi connectivity index (χ1) is 8.56. The summed E-state index contributed by atoms with van der Waals surface area (Å²) >= 11 is 0. The Morgan fingerprint density at radius 3 is 2.56 bits per heavy atom. The maximum Gasteiger partial charge on any atom is 0.191 e. The number of rotatable bonds is 7. The maximum atomic E-state index is 12.1. The summed E-state index contributed by atoms with van der Waals surface area (Å²) in [4.78, 5) is 12.1. The van der Waals surface area contributed by atoms with Crippen molar-refractivity contribution < 1.29 is 9.53 Å². The largest absolute Gasteiger partial charge is 0.370 e. The normalized spacial score (nSPS) is 12.4. The molecule has 1 aromatic carbocycles. The lowest BCUT2D eigenvalue weighted by molar-refractivity contribution is 0.0465. The van der Waals surface area contributed by atoms with Crippen molar-refractivity contribution in [2.24, 2.45) is 0 Å². The van der Waals surface area contributed by atoms with E-state index in [1.807, 2.05) is 39.0 Å². The molecule has 0 heterocycles. The van der Waals surface area contributed by atoms with Crippen LogP contribution in [-0.4, -0.2) is 18.5 Å². The highest BCUT2D eigenvalue weighted by molar-refractivity contribution is 5.99. The summed E-state index contributed by atoms with van der Waals surface area (Å²) in [7, 11) is 0. The minimum absolute atomic E-state index is 0.0783. The number of ketones is 1. The van der Waals surface area contributed by atoms with Crippen LogP contribution in [0.2, 0.25) is 0 Å². The van der Waals surface area contributed by atoms with Crippen molar-refractivity contribution in [3.8, 4) is 0 Å². The fraction of sp³-hybridized carbons (Fsp3) is 0.562. The smallest absolute Gasteiger partial charge is 0.191 e. The van der Waals surface area contributed by atoms with Gasteiger partial charge in [0.05, 0.1) is 0 Å². The van der Waals surface area contributed by atoms with E-state index in [2.05, 4.69) is 6.92 Å². The zero-order valence-electron chi connectivity index (χ0n) is 12.0. The van der Waals surface area contributed by atoms with Crippen LogP contribution in [0.15, 0.2) is 18.2 Å². The molecule has 2 heteroatoms. The first-order valence-electron chi connectivity index (χ1n) is 6.79. The SMILES string of the molecule is CCCCCOC(C)C(=O)c1ccc(C)c(C)c1. The summed E-state index contributed by atoms with van der Waals surface area (Å²) in [6.07, 6.45) is 3.01. The fourth-order valence-corrected chi connectivity index (χ4v) is 1.82. The van der Waals surface area contributed by atoms with Crippen LogP contribution in [0.1, 0.15) is 54.6 Å². The van der Waals surface area contributed by atoms with Gasteiger partial charge >= 0.3 is 0 Å². The number of benzene rings is 1. The van der Waals surface area contributed by atoms with Crippen LogP contribution >= 0.6 is 0 Å². The minimum atomic E-state index is -0.344. The zero-order valence-corrected chi connectivity index (χ0v) is 12.0. The van der Waals surface area contributed by atoms with E-state index in [4.69, 9.17) is 4.74 Å². The Morgan fingerprint density at radius 2 is 1.94 bits per heavy atom. The summed E-state index contributed by atoms with van der Waals surface area (Å²) in [5.74, 6) is 0.0783. The molecule has 0 bridgehead atoms. The number of aryl methyl sites for hydroxylation is 2. The highest BCUT2D eigenvalue weighted by Crippen LogP contribution is 2.13. The van der Waals surface area contributed by atoms with Crippen LogP contribution in [0, 0.1) is 13.8 Å². The Balaban J connectivity index is 2.54. The van der Waals surface area contributed by atoms with Gasteiger partial charge in [0.1, 0.15) is 6.10 Å². The highest BCUT2D eigenvalue weighted by Gasteiger charge is 2.15. The second-order valence-corrected chi connectivity index (χ2v) is 4.88. The molecule has 0 spiro atoms. The molecule has 0 saturated carbocycles. The quantitative estimate of drug-likeness (QED) is 0.537. The molecule has 1 aromatic rings. The predicted molar refractivity (Wildman–Crippen MR) is 75.2 cm³/mol. The van der Waals surface area contributed by atoms with Crippen molar-refractivity contribution in [2.75, 3.05) is 6.61 Å². The van der Waals surface area contributed by atoms with Gasteiger partial charge in [-0.1, -0.05) is 31.9 Å². The van der Waals surface area contributed by atoms with E-state index >= 15 is 0 Å². The second kappa shape index (κ2) is 7.32. The van der Waals surface area contributed by atoms with Crippen LogP contribution in [0.4, 0.5) is 0 Å². The van der Waals surface area contributed by atoms with E-state index in [-0.39, 0.29) is 11.9 Å². The van der Waals surface area contributed by atoms with Crippen molar-refractivity contribution in [3.05, 3.63) is 34.9 Å².